The fourth-order valence-corrected chi connectivity index (χ4v) is 2.05. The van der Waals surface area contributed by atoms with E-state index in [1.54, 1.807) is 12.1 Å². The molecule has 1 heterocycles. The second-order valence-electron chi connectivity index (χ2n) is 4.43. The third-order valence-corrected chi connectivity index (χ3v) is 3.11. The molecule has 5 heteroatoms. The van der Waals surface area contributed by atoms with Gasteiger partial charge in [-0.2, -0.15) is 0 Å². The lowest BCUT2D eigenvalue weighted by Gasteiger charge is -2.08. The Hall–Kier alpha value is -2.95. The van der Waals surface area contributed by atoms with Crippen LogP contribution in [0.4, 0.5) is 11.5 Å². The Labute approximate surface area is 121 Å². The highest BCUT2D eigenvalue weighted by atomic mass is 16.5. The number of carbonyl (C=O) groups excluding carboxylic acids is 1. The van der Waals surface area contributed by atoms with E-state index in [9.17, 15) is 4.79 Å². The predicted molar refractivity (Wildman–Crippen MR) is 80.6 cm³/mol. The summed E-state index contributed by atoms with van der Waals surface area (Å²) in [6.07, 6.45) is 1.52. The molecule has 0 radical (unpaired) electrons. The summed E-state index contributed by atoms with van der Waals surface area (Å²) in [5, 5.41) is 4.17. The number of nitrogens with zero attached hydrogens (tertiary/aromatic N) is 2. The molecular formula is C16H13N3O2. The van der Waals surface area contributed by atoms with Gasteiger partial charge in [0.1, 0.15) is 12.1 Å². The number of hydrogen-bond acceptors (Lipinski definition) is 5. The number of carbonyl (C=O) groups is 1. The zero-order valence-corrected chi connectivity index (χ0v) is 11.4. The Morgan fingerprint density at radius 3 is 2.57 bits per heavy atom. The SMILES string of the molecule is COC(=O)c1ccc(Nc2ncnc3ccccc23)cc1. The lowest BCUT2D eigenvalue weighted by atomic mass is 10.2. The van der Waals surface area contributed by atoms with Crippen LogP contribution in [0.1, 0.15) is 10.4 Å². The third kappa shape index (κ3) is 2.67. The first-order chi connectivity index (χ1) is 10.3. The lowest BCUT2D eigenvalue weighted by molar-refractivity contribution is 0.0601. The topological polar surface area (TPSA) is 64.1 Å². The van der Waals surface area contributed by atoms with Gasteiger partial charge < -0.3 is 10.1 Å². The summed E-state index contributed by atoms with van der Waals surface area (Å²) in [6.45, 7) is 0. The van der Waals surface area contributed by atoms with Crippen LogP contribution in [0.5, 0.6) is 0 Å². The molecular weight excluding hydrogens is 266 g/mol. The minimum absolute atomic E-state index is 0.353. The zero-order chi connectivity index (χ0) is 14.7. The summed E-state index contributed by atoms with van der Waals surface area (Å²) in [6, 6.07) is 14.8. The first kappa shape index (κ1) is 13.1. The van der Waals surface area contributed by atoms with Crippen molar-refractivity contribution in [2.75, 3.05) is 12.4 Å². The van der Waals surface area contributed by atoms with Crippen LogP contribution in [-0.2, 0) is 4.74 Å². The van der Waals surface area contributed by atoms with Crippen molar-refractivity contribution in [2.24, 2.45) is 0 Å². The van der Waals surface area contributed by atoms with E-state index in [0.717, 1.165) is 22.4 Å². The molecule has 3 aromatic rings. The highest BCUT2D eigenvalue weighted by Crippen LogP contribution is 2.22. The first-order valence-corrected chi connectivity index (χ1v) is 6.43. The zero-order valence-electron chi connectivity index (χ0n) is 11.4. The standard InChI is InChI=1S/C16H13N3O2/c1-21-16(20)11-6-8-12(9-7-11)19-15-13-4-2-3-5-14(13)17-10-18-15/h2-10H,1H3,(H,17,18,19). The van der Waals surface area contributed by atoms with Gasteiger partial charge in [0.05, 0.1) is 18.2 Å². The Morgan fingerprint density at radius 1 is 1.05 bits per heavy atom. The molecule has 0 aliphatic carbocycles. The second-order valence-corrected chi connectivity index (χ2v) is 4.43. The van der Waals surface area contributed by atoms with Crippen LogP contribution in [0.25, 0.3) is 10.9 Å². The maximum absolute atomic E-state index is 11.4. The molecule has 1 aromatic heterocycles. The van der Waals surface area contributed by atoms with Crippen LogP contribution in [0, 0.1) is 0 Å². The van der Waals surface area contributed by atoms with Gasteiger partial charge in [-0.15, -0.1) is 0 Å². The smallest absolute Gasteiger partial charge is 0.337 e. The molecule has 1 N–H and O–H groups in total. The Morgan fingerprint density at radius 2 is 1.81 bits per heavy atom. The fraction of sp³-hybridized carbons (Fsp3) is 0.0625. The molecule has 0 aliphatic rings. The summed E-state index contributed by atoms with van der Waals surface area (Å²) in [5.74, 6) is 0.375. The minimum atomic E-state index is -0.353. The van der Waals surface area contributed by atoms with E-state index in [2.05, 4.69) is 20.0 Å². The fourth-order valence-electron chi connectivity index (χ4n) is 2.05. The van der Waals surface area contributed by atoms with E-state index >= 15 is 0 Å². The van der Waals surface area contributed by atoms with E-state index in [1.807, 2.05) is 36.4 Å². The van der Waals surface area contributed by atoms with Crippen LogP contribution in [0.2, 0.25) is 0 Å². The predicted octanol–water partition coefficient (Wildman–Crippen LogP) is 3.16. The number of methoxy groups -OCH3 is 1. The van der Waals surface area contributed by atoms with Crippen LogP contribution in [0.3, 0.4) is 0 Å². The number of anilines is 2. The third-order valence-electron chi connectivity index (χ3n) is 3.11. The number of para-hydroxylation sites is 1. The van der Waals surface area contributed by atoms with Crippen molar-refractivity contribution in [1.29, 1.82) is 0 Å². The van der Waals surface area contributed by atoms with E-state index in [4.69, 9.17) is 0 Å². The van der Waals surface area contributed by atoms with Gasteiger partial charge in [0.15, 0.2) is 0 Å². The number of nitrogens with one attached hydrogen (secondary N) is 1. The number of benzene rings is 2. The second kappa shape index (κ2) is 5.58. The average Bonchev–Trinajstić information content (AvgIpc) is 2.55. The summed E-state index contributed by atoms with van der Waals surface area (Å²) in [7, 11) is 1.36. The molecule has 0 aliphatic heterocycles. The van der Waals surface area contributed by atoms with Crippen LogP contribution < -0.4 is 5.32 Å². The molecule has 0 bridgehead atoms. The van der Waals surface area contributed by atoms with Crippen molar-refractivity contribution in [3.63, 3.8) is 0 Å². The van der Waals surface area contributed by atoms with Crippen molar-refractivity contribution < 1.29 is 9.53 Å². The summed E-state index contributed by atoms with van der Waals surface area (Å²) in [4.78, 5) is 19.9. The molecule has 0 saturated heterocycles. The molecule has 0 amide bonds. The van der Waals surface area contributed by atoms with Gasteiger partial charge in [0, 0.05) is 11.1 Å². The van der Waals surface area contributed by atoms with E-state index in [0.29, 0.717) is 5.56 Å². The monoisotopic (exact) mass is 279 g/mol. The molecule has 2 aromatic carbocycles. The van der Waals surface area contributed by atoms with Crippen LogP contribution >= 0.6 is 0 Å². The largest absolute Gasteiger partial charge is 0.465 e. The molecule has 21 heavy (non-hydrogen) atoms. The molecule has 0 fully saturated rings. The van der Waals surface area contributed by atoms with Crippen LogP contribution in [-0.4, -0.2) is 23.0 Å². The van der Waals surface area contributed by atoms with Crippen molar-refractivity contribution in [3.8, 4) is 0 Å². The number of ether oxygens (including phenoxy) is 1. The van der Waals surface area contributed by atoms with Crippen LogP contribution in [0.15, 0.2) is 54.9 Å². The van der Waals surface area contributed by atoms with Crippen molar-refractivity contribution in [3.05, 3.63) is 60.4 Å². The van der Waals surface area contributed by atoms with Gasteiger partial charge in [-0.25, -0.2) is 14.8 Å². The van der Waals surface area contributed by atoms with Gasteiger partial charge in [-0.1, -0.05) is 12.1 Å². The molecule has 104 valence electrons. The molecule has 0 atom stereocenters. The first-order valence-electron chi connectivity index (χ1n) is 6.43. The Bertz CT molecular complexity index is 780. The Kier molecular flexibility index (Phi) is 3.47. The normalized spacial score (nSPS) is 10.3. The highest BCUT2D eigenvalue weighted by Gasteiger charge is 2.06. The van der Waals surface area contributed by atoms with Gasteiger partial charge in [-0.05, 0) is 36.4 Å². The Balaban J connectivity index is 1.90. The van der Waals surface area contributed by atoms with Crippen molar-refractivity contribution in [2.45, 2.75) is 0 Å². The van der Waals surface area contributed by atoms with Gasteiger partial charge >= 0.3 is 5.97 Å². The summed E-state index contributed by atoms with van der Waals surface area (Å²) in [5.41, 5.74) is 2.23. The van der Waals surface area contributed by atoms with Gasteiger partial charge in [0.25, 0.3) is 0 Å². The highest BCUT2D eigenvalue weighted by molar-refractivity contribution is 5.92. The molecule has 0 spiro atoms. The van der Waals surface area contributed by atoms with Crippen molar-refractivity contribution >= 4 is 28.4 Å². The maximum Gasteiger partial charge on any atom is 0.337 e. The number of esters is 1. The number of aromatic nitrogens is 2. The lowest BCUT2D eigenvalue weighted by Crippen LogP contribution is -2.01. The van der Waals surface area contributed by atoms with E-state index in [-0.39, 0.29) is 5.97 Å². The van der Waals surface area contributed by atoms with Crippen molar-refractivity contribution in [1.82, 2.24) is 9.97 Å². The molecule has 5 nitrogen and oxygen atoms in total. The number of hydrogen-bond donors (Lipinski definition) is 1. The molecule has 0 saturated carbocycles. The summed E-state index contributed by atoms with van der Waals surface area (Å²) >= 11 is 0. The number of fused-ring (bicyclic) bond motifs is 1. The van der Waals surface area contributed by atoms with E-state index < -0.39 is 0 Å². The van der Waals surface area contributed by atoms with Gasteiger partial charge in [-0.3, -0.25) is 0 Å². The maximum atomic E-state index is 11.4. The van der Waals surface area contributed by atoms with Gasteiger partial charge in [0.2, 0.25) is 0 Å². The molecule has 3 rings (SSSR count). The number of rotatable bonds is 3. The summed E-state index contributed by atoms with van der Waals surface area (Å²) < 4.78 is 4.67. The average molecular weight is 279 g/mol. The minimum Gasteiger partial charge on any atom is -0.465 e. The quantitative estimate of drug-likeness (QED) is 0.746. The molecule has 0 unspecified atom stereocenters. The van der Waals surface area contributed by atoms with E-state index in [1.165, 1.54) is 13.4 Å².